The molecule has 38 heavy (non-hydrogen) atoms. The summed E-state index contributed by atoms with van der Waals surface area (Å²) in [6.45, 7) is 2.85. The number of hydrogen-bond acceptors (Lipinski definition) is 9. The summed E-state index contributed by atoms with van der Waals surface area (Å²) in [7, 11) is -4.82. The fraction of sp³-hybridized carbons (Fsp3) is 0.0833. The summed E-state index contributed by atoms with van der Waals surface area (Å²) in [6, 6.07) is 10.9. The third-order valence-corrected chi connectivity index (χ3v) is 7.62. The number of carbonyl (C=O) groups is 2. The molecule has 0 bridgehead atoms. The van der Waals surface area contributed by atoms with Crippen LogP contribution in [0.4, 0.5) is 17.1 Å². The summed E-state index contributed by atoms with van der Waals surface area (Å²) in [5.41, 5.74) is -1.01. The van der Waals surface area contributed by atoms with E-state index in [1.807, 2.05) is 0 Å². The topological polar surface area (TPSA) is 171 Å². The van der Waals surface area contributed by atoms with Gasteiger partial charge in [-0.25, -0.2) is 8.42 Å². The molecule has 0 saturated carbocycles. The minimum atomic E-state index is -4.82. The van der Waals surface area contributed by atoms with Crippen LogP contribution >= 0.6 is 11.6 Å². The normalized spacial score (nSPS) is 11.3. The molecule has 1 amide bonds. The van der Waals surface area contributed by atoms with E-state index >= 15 is 0 Å². The number of furan rings is 1. The number of halogens is 1. The minimum absolute atomic E-state index is 0.184. The first-order valence-electron chi connectivity index (χ1n) is 10.6. The standard InChI is InChI=1S/C24H16ClN3O9S/c1-13(29)23-14(2)37-22-10-7-17(11-19(22)23)26(24(30)15-3-5-16(6-4-15)27(31)32)38(35,36)18-8-9-20(25)21(12-18)28(33)34/h3-12H,1-2H3. The van der Waals surface area contributed by atoms with Gasteiger partial charge < -0.3 is 4.42 Å². The molecule has 0 N–H and O–H groups in total. The second-order valence-corrected chi connectivity index (χ2v) is 10.2. The number of Topliss-reactive ketones (excluding diaryl/α,β-unsaturated/α-hetero) is 1. The number of amides is 1. The van der Waals surface area contributed by atoms with E-state index in [0.29, 0.717) is 4.31 Å². The molecule has 0 spiro atoms. The molecule has 0 fully saturated rings. The Morgan fingerprint density at radius 2 is 1.61 bits per heavy atom. The van der Waals surface area contributed by atoms with Crippen molar-refractivity contribution in [3.8, 4) is 0 Å². The van der Waals surface area contributed by atoms with E-state index in [4.69, 9.17) is 16.0 Å². The van der Waals surface area contributed by atoms with Crippen LogP contribution in [-0.4, -0.2) is 30.0 Å². The zero-order valence-electron chi connectivity index (χ0n) is 19.6. The Morgan fingerprint density at radius 3 is 2.18 bits per heavy atom. The van der Waals surface area contributed by atoms with Crippen LogP contribution < -0.4 is 4.31 Å². The van der Waals surface area contributed by atoms with Crippen LogP contribution in [0.15, 0.2) is 70.0 Å². The maximum atomic E-state index is 13.8. The largest absolute Gasteiger partial charge is 0.461 e. The molecule has 3 aromatic carbocycles. The quantitative estimate of drug-likeness (QED) is 0.163. The lowest BCUT2D eigenvalue weighted by Gasteiger charge is -2.23. The molecule has 1 heterocycles. The molecular weight excluding hydrogens is 542 g/mol. The summed E-state index contributed by atoms with van der Waals surface area (Å²) < 4.78 is 33.6. The van der Waals surface area contributed by atoms with Crippen molar-refractivity contribution in [1.29, 1.82) is 0 Å². The maximum absolute atomic E-state index is 13.8. The molecule has 1 aromatic heterocycles. The van der Waals surface area contributed by atoms with Crippen molar-refractivity contribution in [3.05, 3.63) is 103 Å². The van der Waals surface area contributed by atoms with Crippen LogP contribution in [0, 0.1) is 27.2 Å². The number of anilines is 1. The lowest BCUT2D eigenvalue weighted by molar-refractivity contribution is -0.385. The molecule has 0 atom stereocenters. The number of ketones is 1. The van der Waals surface area contributed by atoms with Crippen molar-refractivity contribution in [3.63, 3.8) is 0 Å². The van der Waals surface area contributed by atoms with Crippen molar-refractivity contribution in [2.24, 2.45) is 0 Å². The van der Waals surface area contributed by atoms with Crippen LogP contribution in [-0.2, 0) is 10.0 Å². The van der Waals surface area contributed by atoms with Gasteiger partial charge in [0.15, 0.2) is 5.78 Å². The molecule has 4 aromatic rings. The van der Waals surface area contributed by atoms with Gasteiger partial charge in [0.05, 0.1) is 26.0 Å². The number of aryl methyl sites for hydroxylation is 1. The van der Waals surface area contributed by atoms with Crippen LogP contribution in [0.2, 0.25) is 5.02 Å². The summed E-state index contributed by atoms with van der Waals surface area (Å²) in [5.74, 6) is -1.18. The Balaban J connectivity index is 1.96. The number of non-ortho nitro benzene ring substituents is 1. The number of nitro groups is 2. The highest BCUT2D eigenvalue weighted by atomic mass is 35.5. The summed E-state index contributed by atoms with van der Waals surface area (Å²) in [5, 5.41) is 22.3. The van der Waals surface area contributed by atoms with Crippen molar-refractivity contribution in [1.82, 2.24) is 0 Å². The van der Waals surface area contributed by atoms with Gasteiger partial charge in [-0.2, -0.15) is 4.31 Å². The predicted molar refractivity (Wildman–Crippen MR) is 136 cm³/mol. The van der Waals surface area contributed by atoms with Gasteiger partial charge in [-0.1, -0.05) is 11.6 Å². The molecule has 14 heteroatoms. The van der Waals surface area contributed by atoms with E-state index < -0.39 is 36.4 Å². The predicted octanol–water partition coefficient (Wildman–Crippen LogP) is 5.45. The van der Waals surface area contributed by atoms with Gasteiger partial charge in [-0.05, 0) is 56.3 Å². The Hall–Kier alpha value is -4.62. The first kappa shape index (κ1) is 26.4. The van der Waals surface area contributed by atoms with Crippen molar-refractivity contribution in [2.75, 3.05) is 4.31 Å². The zero-order chi connectivity index (χ0) is 27.9. The number of hydrogen-bond donors (Lipinski definition) is 0. The molecule has 0 radical (unpaired) electrons. The molecule has 12 nitrogen and oxygen atoms in total. The molecule has 0 aliphatic rings. The van der Waals surface area contributed by atoms with Gasteiger partial charge in [0.1, 0.15) is 16.4 Å². The Kier molecular flexibility index (Phi) is 6.74. The van der Waals surface area contributed by atoms with Crippen molar-refractivity contribution < 1.29 is 32.3 Å². The Labute approximate surface area is 219 Å². The minimum Gasteiger partial charge on any atom is -0.461 e. The van der Waals surface area contributed by atoms with Crippen molar-refractivity contribution in [2.45, 2.75) is 18.7 Å². The molecular formula is C24H16ClN3O9S. The van der Waals surface area contributed by atoms with Crippen molar-refractivity contribution >= 4 is 61.3 Å². The lowest BCUT2D eigenvalue weighted by Crippen LogP contribution is -2.37. The monoisotopic (exact) mass is 557 g/mol. The second-order valence-electron chi connectivity index (χ2n) is 8.02. The van der Waals surface area contributed by atoms with Gasteiger partial charge in [0, 0.05) is 29.1 Å². The average molecular weight is 558 g/mol. The number of rotatable bonds is 7. The summed E-state index contributed by atoms with van der Waals surface area (Å²) >= 11 is 5.84. The first-order chi connectivity index (χ1) is 17.8. The Bertz CT molecular complexity index is 1760. The summed E-state index contributed by atoms with van der Waals surface area (Å²) in [6.07, 6.45) is 0. The number of nitrogens with zero attached hydrogens (tertiary/aromatic N) is 3. The average Bonchev–Trinajstić information content (AvgIpc) is 3.19. The fourth-order valence-corrected chi connectivity index (χ4v) is 5.49. The maximum Gasteiger partial charge on any atom is 0.289 e. The molecule has 0 aliphatic heterocycles. The van der Waals surface area contributed by atoms with E-state index in [2.05, 4.69) is 0 Å². The van der Waals surface area contributed by atoms with Gasteiger partial charge in [0.25, 0.3) is 27.3 Å². The molecule has 194 valence electrons. The number of nitro benzene ring substituents is 2. The molecule has 4 rings (SSSR count). The number of sulfonamides is 1. The Morgan fingerprint density at radius 1 is 0.947 bits per heavy atom. The molecule has 0 saturated heterocycles. The molecule has 0 unspecified atom stereocenters. The van der Waals surface area contributed by atoms with Gasteiger partial charge in [0.2, 0.25) is 0 Å². The van der Waals surface area contributed by atoms with Gasteiger partial charge >= 0.3 is 0 Å². The smallest absolute Gasteiger partial charge is 0.289 e. The lowest BCUT2D eigenvalue weighted by atomic mass is 10.1. The molecule has 0 aliphatic carbocycles. The third-order valence-electron chi connectivity index (χ3n) is 5.60. The number of fused-ring (bicyclic) bond motifs is 1. The van der Waals surface area contributed by atoms with E-state index in [1.54, 1.807) is 6.92 Å². The van der Waals surface area contributed by atoms with Crippen LogP contribution in [0.3, 0.4) is 0 Å². The number of carbonyl (C=O) groups excluding carboxylic acids is 2. The third kappa shape index (κ3) is 4.60. The van der Waals surface area contributed by atoms with Crippen LogP contribution in [0.1, 0.15) is 33.4 Å². The van der Waals surface area contributed by atoms with Crippen LogP contribution in [0.25, 0.3) is 11.0 Å². The van der Waals surface area contributed by atoms with E-state index in [1.165, 1.54) is 25.1 Å². The number of benzene rings is 3. The van der Waals surface area contributed by atoms with E-state index in [-0.39, 0.29) is 50.0 Å². The van der Waals surface area contributed by atoms with Gasteiger partial charge in [-0.3, -0.25) is 29.8 Å². The highest BCUT2D eigenvalue weighted by Crippen LogP contribution is 2.35. The first-order valence-corrected chi connectivity index (χ1v) is 12.5. The second kappa shape index (κ2) is 9.68. The highest BCUT2D eigenvalue weighted by molar-refractivity contribution is 7.93. The summed E-state index contributed by atoms with van der Waals surface area (Å²) in [4.78, 5) is 46.1. The zero-order valence-corrected chi connectivity index (χ0v) is 21.1. The van der Waals surface area contributed by atoms with Crippen LogP contribution in [0.5, 0.6) is 0 Å². The van der Waals surface area contributed by atoms with E-state index in [0.717, 1.165) is 42.5 Å². The van der Waals surface area contributed by atoms with Gasteiger partial charge in [-0.15, -0.1) is 0 Å². The fourth-order valence-electron chi connectivity index (χ4n) is 3.88. The van der Waals surface area contributed by atoms with E-state index in [9.17, 15) is 38.2 Å². The highest BCUT2D eigenvalue weighted by Gasteiger charge is 2.34. The SMILES string of the molecule is CC(=O)c1c(C)oc2ccc(N(C(=O)c3ccc([N+](=O)[O-])cc3)S(=O)(=O)c3ccc(Cl)c([N+](=O)[O-])c3)cc12.